The molecule has 3 heterocycles. The van der Waals surface area contributed by atoms with E-state index in [1.54, 1.807) is 23.0 Å². The highest BCUT2D eigenvalue weighted by molar-refractivity contribution is 9.10. The highest BCUT2D eigenvalue weighted by Gasteiger charge is 2.23. The van der Waals surface area contributed by atoms with Crippen molar-refractivity contribution in [2.75, 3.05) is 7.11 Å². The fourth-order valence-electron chi connectivity index (χ4n) is 3.27. The summed E-state index contributed by atoms with van der Waals surface area (Å²) in [6, 6.07) is 5.90. The highest BCUT2D eigenvalue weighted by atomic mass is 79.9. The zero-order chi connectivity index (χ0) is 17.7. The molecule has 4 nitrogen and oxygen atoms in total. The number of fused-ring (bicyclic) bond motifs is 2. The number of aryl methyl sites for hydroxylation is 2. The van der Waals surface area contributed by atoms with Gasteiger partial charge in [-0.05, 0) is 55.7 Å². The second kappa shape index (κ2) is 6.11. The van der Waals surface area contributed by atoms with Gasteiger partial charge in [-0.15, -0.1) is 11.3 Å². The molecule has 0 spiro atoms. The molecule has 0 amide bonds. The summed E-state index contributed by atoms with van der Waals surface area (Å²) in [6.07, 6.45) is 2.88. The Labute approximate surface area is 157 Å². The van der Waals surface area contributed by atoms with Gasteiger partial charge in [0.25, 0.3) is 5.56 Å². The van der Waals surface area contributed by atoms with E-state index < -0.39 is 0 Å². The first-order chi connectivity index (χ1) is 12.0. The van der Waals surface area contributed by atoms with Gasteiger partial charge in [0.2, 0.25) is 0 Å². The van der Waals surface area contributed by atoms with Crippen LogP contribution in [0.4, 0.5) is 0 Å². The number of ether oxygens (including phenoxy) is 1. The first-order valence-electron chi connectivity index (χ1n) is 8.04. The number of hydrogen-bond acceptors (Lipinski definition) is 4. The molecule has 0 N–H and O–H groups in total. The first-order valence-corrected chi connectivity index (χ1v) is 9.65. The number of hydrogen-bond donors (Lipinski definition) is 0. The molecule has 25 heavy (non-hydrogen) atoms. The Morgan fingerprint density at radius 2 is 2.16 bits per heavy atom. The van der Waals surface area contributed by atoms with Crippen molar-refractivity contribution >= 4 is 49.1 Å². The fraction of sp³-hybridized carbons (Fsp3) is 0.263. The first kappa shape index (κ1) is 16.5. The van der Waals surface area contributed by atoms with E-state index in [0.717, 1.165) is 54.3 Å². The number of benzene rings is 1. The molecule has 2 aromatic heterocycles. The molecule has 3 aromatic rings. The summed E-state index contributed by atoms with van der Waals surface area (Å²) < 4.78 is 8.25. The molecule has 4 rings (SSSR count). The molecule has 0 aliphatic carbocycles. The lowest BCUT2D eigenvalue weighted by atomic mass is 10.1. The van der Waals surface area contributed by atoms with Crippen LogP contribution in [0.1, 0.15) is 28.2 Å². The van der Waals surface area contributed by atoms with Gasteiger partial charge in [-0.2, -0.15) is 0 Å². The molecule has 0 atom stereocenters. The van der Waals surface area contributed by atoms with Crippen LogP contribution in [0.3, 0.4) is 0 Å². The lowest BCUT2D eigenvalue weighted by Crippen LogP contribution is -2.20. The van der Waals surface area contributed by atoms with Crippen LogP contribution in [-0.2, 0) is 6.54 Å². The number of methoxy groups -OCH3 is 1. The maximum Gasteiger partial charge on any atom is 0.262 e. The lowest BCUT2D eigenvalue weighted by Gasteiger charge is -2.07. The molecule has 1 aromatic carbocycles. The largest absolute Gasteiger partial charge is 0.496 e. The van der Waals surface area contributed by atoms with Crippen molar-refractivity contribution < 1.29 is 4.74 Å². The zero-order valence-electron chi connectivity index (χ0n) is 14.2. The van der Waals surface area contributed by atoms with Gasteiger partial charge in [-0.3, -0.25) is 9.36 Å². The third-order valence-electron chi connectivity index (χ3n) is 4.70. The fourth-order valence-corrected chi connectivity index (χ4v) is 4.66. The topological polar surface area (TPSA) is 44.1 Å². The summed E-state index contributed by atoms with van der Waals surface area (Å²) in [6.45, 7) is 4.72. The molecule has 0 bridgehead atoms. The van der Waals surface area contributed by atoms with E-state index in [4.69, 9.17) is 9.72 Å². The van der Waals surface area contributed by atoms with Crippen LogP contribution in [0, 0.1) is 13.8 Å². The number of rotatable bonds is 2. The minimum absolute atomic E-state index is 0.0754. The average molecular weight is 417 g/mol. The summed E-state index contributed by atoms with van der Waals surface area (Å²) in [4.78, 5) is 19.7. The van der Waals surface area contributed by atoms with Crippen LogP contribution in [0.25, 0.3) is 21.9 Å². The Bertz CT molecular complexity index is 1090. The van der Waals surface area contributed by atoms with Crippen molar-refractivity contribution in [1.82, 2.24) is 9.55 Å². The van der Waals surface area contributed by atoms with Crippen molar-refractivity contribution in [3.63, 3.8) is 0 Å². The van der Waals surface area contributed by atoms with Crippen molar-refractivity contribution in [2.24, 2.45) is 0 Å². The zero-order valence-corrected chi connectivity index (χ0v) is 16.6. The van der Waals surface area contributed by atoms with Crippen molar-refractivity contribution in [1.29, 1.82) is 0 Å². The molecule has 0 saturated heterocycles. The quantitative estimate of drug-likeness (QED) is 0.602. The summed E-state index contributed by atoms with van der Waals surface area (Å²) in [7, 11) is 1.66. The Morgan fingerprint density at radius 3 is 2.92 bits per heavy atom. The maximum atomic E-state index is 12.9. The molecule has 6 heteroatoms. The number of thiophene rings is 1. The number of aromatic nitrogens is 2. The van der Waals surface area contributed by atoms with Crippen LogP contribution in [0.5, 0.6) is 5.75 Å². The summed E-state index contributed by atoms with van der Waals surface area (Å²) >= 11 is 5.10. The Balaban J connectivity index is 1.92. The van der Waals surface area contributed by atoms with Crippen molar-refractivity contribution in [3.8, 4) is 5.75 Å². The van der Waals surface area contributed by atoms with E-state index in [9.17, 15) is 4.79 Å². The molecule has 128 valence electrons. The van der Waals surface area contributed by atoms with Crippen LogP contribution >= 0.6 is 27.3 Å². The van der Waals surface area contributed by atoms with E-state index >= 15 is 0 Å². The van der Waals surface area contributed by atoms with Gasteiger partial charge in [-0.1, -0.05) is 15.9 Å². The Kier molecular flexibility index (Phi) is 4.04. The van der Waals surface area contributed by atoms with Crippen LogP contribution in [0.15, 0.2) is 27.5 Å². The van der Waals surface area contributed by atoms with Crippen molar-refractivity contribution in [3.05, 3.63) is 54.9 Å². The van der Waals surface area contributed by atoms with E-state index in [2.05, 4.69) is 22.0 Å². The Morgan fingerprint density at radius 1 is 1.36 bits per heavy atom. The summed E-state index contributed by atoms with van der Waals surface area (Å²) in [5, 5.41) is 0.771. The van der Waals surface area contributed by atoms with Gasteiger partial charge in [0, 0.05) is 21.5 Å². The predicted octanol–water partition coefficient (Wildman–Crippen LogP) is 4.79. The van der Waals surface area contributed by atoms with Gasteiger partial charge in [0.1, 0.15) is 16.4 Å². The Hall–Kier alpha value is -1.92. The standard InChI is InChI=1S/C19H17BrN2O2S/c1-10-11(2)25-18-16(10)19(23)22-7-6-12(17(22)21-18)8-13-9-14(20)4-5-15(13)24-3/h4-5,8-9H,6-7H2,1-3H3/b12-8-. The third kappa shape index (κ3) is 2.64. The van der Waals surface area contributed by atoms with E-state index in [0.29, 0.717) is 6.54 Å². The van der Waals surface area contributed by atoms with Crippen LogP contribution in [-0.4, -0.2) is 16.7 Å². The normalized spacial score (nSPS) is 15.1. The van der Waals surface area contributed by atoms with Gasteiger partial charge in [0.15, 0.2) is 0 Å². The van der Waals surface area contributed by atoms with Crippen LogP contribution < -0.4 is 10.3 Å². The van der Waals surface area contributed by atoms with Crippen LogP contribution in [0.2, 0.25) is 0 Å². The minimum atomic E-state index is 0.0754. The van der Waals surface area contributed by atoms with E-state index in [1.165, 1.54) is 0 Å². The molecule has 0 fully saturated rings. The van der Waals surface area contributed by atoms with Gasteiger partial charge >= 0.3 is 0 Å². The molecule has 0 radical (unpaired) electrons. The SMILES string of the molecule is COc1ccc(Br)cc1/C=C1/CCn2c1nc1sc(C)c(C)c1c2=O. The second-order valence-corrected chi connectivity index (χ2v) is 8.28. The second-order valence-electron chi connectivity index (χ2n) is 6.16. The molecule has 1 aliphatic rings. The average Bonchev–Trinajstić information content (AvgIpc) is 3.10. The molecule has 1 aliphatic heterocycles. The molecule has 0 unspecified atom stereocenters. The van der Waals surface area contributed by atoms with Gasteiger partial charge < -0.3 is 4.74 Å². The lowest BCUT2D eigenvalue weighted by molar-refractivity contribution is 0.414. The molecular formula is C19H17BrN2O2S. The highest BCUT2D eigenvalue weighted by Crippen LogP contribution is 2.34. The van der Waals surface area contributed by atoms with E-state index in [1.807, 2.05) is 32.0 Å². The summed E-state index contributed by atoms with van der Waals surface area (Å²) in [5.41, 5.74) is 3.18. The van der Waals surface area contributed by atoms with Crippen molar-refractivity contribution in [2.45, 2.75) is 26.8 Å². The molecule has 0 saturated carbocycles. The number of allylic oxidation sites excluding steroid dienone is 1. The van der Waals surface area contributed by atoms with Gasteiger partial charge in [-0.25, -0.2) is 4.98 Å². The monoisotopic (exact) mass is 416 g/mol. The van der Waals surface area contributed by atoms with Gasteiger partial charge in [0.05, 0.1) is 12.5 Å². The molecular weight excluding hydrogens is 400 g/mol. The third-order valence-corrected chi connectivity index (χ3v) is 6.30. The summed E-state index contributed by atoms with van der Waals surface area (Å²) in [5.74, 6) is 1.58. The predicted molar refractivity (Wildman–Crippen MR) is 107 cm³/mol. The maximum absolute atomic E-state index is 12.9. The van der Waals surface area contributed by atoms with E-state index in [-0.39, 0.29) is 5.56 Å². The minimum Gasteiger partial charge on any atom is -0.496 e. The number of nitrogens with zero attached hydrogens (tertiary/aromatic N) is 2. The smallest absolute Gasteiger partial charge is 0.262 e. The number of halogens is 1.